The average Bonchev–Trinajstić information content (AvgIpc) is 3.27. The van der Waals surface area contributed by atoms with Crippen LogP contribution in [-0.4, -0.2) is 43.2 Å². The van der Waals surface area contributed by atoms with Crippen molar-refractivity contribution in [2.75, 3.05) is 32.7 Å². The molecule has 1 aromatic carbocycles. The van der Waals surface area contributed by atoms with E-state index in [9.17, 15) is 4.79 Å². The fourth-order valence-electron chi connectivity index (χ4n) is 7.00. The second-order valence-electron chi connectivity index (χ2n) is 11.5. The molecule has 0 spiro atoms. The maximum Gasteiger partial charge on any atom is 0.220 e. The number of benzene rings is 1. The highest BCUT2D eigenvalue weighted by Crippen LogP contribution is 2.39. The second kappa shape index (κ2) is 12.4. The third-order valence-electron chi connectivity index (χ3n) is 9.09. The average molecular weight is 479 g/mol. The summed E-state index contributed by atoms with van der Waals surface area (Å²) in [6.07, 6.45) is 15.9. The van der Waals surface area contributed by atoms with Gasteiger partial charge in [-0.15, -0.1) is 0 Å². The van der Waals surface area contributed by atoms with E-state index in [2.05, 4.69) is 51.0 Å². The number of carbonyl (C=O) groups excluding carboxylic acids is 1. The topological polar surface area (TPSA) is 58.1 Å². The number of carbonyl (C=O) groups is 1. The number of hydrogen-bond acceptors (Lipinski definition) is 3. The van der Waals surface area contributed by atoms with Crippen molar-refractivity contribution in [2.45, 2.75) is 83.1 Å². The molecule has 5 nitrogen and oxygen atoms in total. The monoisotopic (exact) mass is 478 g/mol. The minimum atomic E-state index is 0.242. The summed E-state index contributed by atoms with van der Waals surface area (Å²) >= 11 is 0. The number of para-hydroxylation sites is 1. The van der Waals surface area contributed by atoms with E-state index in [1.54, 1.807) is 0 Å². The summed E-state index contributed by atoms with van der Waals surface area (Å²) in [6, 6.07) is 8.94. The van der Waals surface area contributed by atoms with Gasteiger partial charge in [0, 0.05) is 36.6 Å². The summed E-state index contributed by atoms with van der Waals surface area (Å²) in [7, 11) is 0. The maximum atomic E-state index is 13.2. The van der Waals surface area contributed by atoms with E-state index < -0.39 is 0 Å². The highest BCUT2D eigenvalue weighted by Gasteiger charge is 2.30. The van der Waals surface area contributed by atoms with Gasteiger partial charge < -0.3 is 20.5 Å². The van der Waals surface area contributed by atoms with Gasteiger partial charge in [0.05, 0.1) is 0 Å². The Bertz CT molecular complexity index is 935. The first-order valence-electron chi connectivity index (χ1n) is 14.5. The quantitative estimate of drug-likeness (QED) is 0.464. The number of nitrogens with one attached hydrogen (secondary N) is 3. The van der Waals surface area contributed by atoms with Crippen LogP contribution in [-0.2, 0) is 11.3 Å². The van der Waals surface area contributed by atoms with Crippen LogP contribution in [0.15, 0.2) is 30.5 Å². The SMILES string of the molecule is O=C(CC(c1cn(CC2CCCCC2)c2ccccc12)C1CCNCC1)NCCC1CCNCC1. The van der Waals surface area contributed by atoms with Gasteiger partial charge in [0.15, 0.2) is 0 Å². The molecule has 2 aliphatic heterocycles. The van der Waals surface area contributed by atoms with Crippen LogP contribution in [0.4, 0.5) is 0 Å². The van der Waals surface area contributed by atoms with E-state index in [0.29, 0.717) is 18.3 Å². The molecular formula is C30H46N4O. The molecule has 1 amide bonds. The third-order valence-corrected chi connectivity index (χ3v) is 9.09. The first kappa shape index (κ1) is 24.8. The molecule has 3 N–H and O–H groups in total. The van der Waals surface area contributed by atoms with Gasteiger partial charge in [-0.1, -0.05) is 37.5 Å². The van der Waals surface area contributed by atoms with Gasteiger partial charge >= 0.3 is 0 Å². The van der Waals surface area contributed by atoms with E-state index >= 15 is 0 Å². The maximum absolute atomic E-state index is 13.2. The Hall–Kier alpha value is -1.85. The molecule has 5 heteroatoms. The predicted molar refractivity (Wildman–Crippen MR) is 145 cm³/mol. The number of nitrogens with zero attached hydrogens (tertiary/aromatic N) is 1. The molecule has 35 heavy (non-hydrogen) atoms. The zero-order chi connectivity index (χ0) is 23.9. The lowest BCUT2D eigenvalue weighted by molar-refractivity contribution is -0.121. The zero-order valence-electron chi connectivity index (χ0n) is 21.6. The zero-order valence-corrected chi connectivity index (χ0v) is 21.6. The first-order valence-corrected chi connectivity index (χ1v) is 14.5. The number of fused-ring (bicyclic) bond motifs is 1. The van der Waals surface area contributed by atoms with Gasteiger partial charge in [-0.2, -0.15) is 0 Å². The van der Waals surface area contributed by atoms with Gasteiger partial charge in [-0.25, -0.2) is 0 Å². The van der Waals surface area contributed by atoms with Gasteiger partial charge in [0.1, 0.15) is 0 Å². The lowest BCUT2D eigenvalue weighted by Gasteiger charge is -2.30. The van der Waals surface area contributed by atoms with E-state index in [0.717, 1.165) is 70.4 Å². The summed E-state index contributed by atoms with van der Waals surface area (Å²) in [5.74, 6) is 2.66. The van der Waals surface area contributed by atoms with Crippen LogP contribution in [0.25, 0.3) is 10.9 Å². The van der Waals surface area contributed by atoms with Crippen LogP contribution in [0.1, 0.15) is 82.1 Å². The predicted octanol–water partition coefficient (Wildman–Crippen LogP) is 5.20. The molecule has 0 bridgehead atoms. The van der Waals surface area contributed by atoms with Crippen molar-refractivity contribution in [1.29, 1.82) is 0 Å². The van der Waals surface area contributed by atoms with Crippen molar-refractivity contribution in [2.24, 2.45) is 17.8 Å². The Labute approximate surface area is 211 Å². The van der Waals surface area contributed by atoms with E-state index in [1.165, 1.54) is 61.4 Å². The molecule has 1 aliphatic carbocycles. The third kappa shape index (κ3) is 6.48. The Balaban J connectivity index is 1.32. The van der Waals surface area contributed by atoms with Crippen LogP contribution in [0.3, 0.4) is 0 Å². The molecule has 1 unspecified atom stereocenters. The van der Waals surface area contributed by atoms with Crippen LogP contribution >= 0.6 is 0 Å². The minimum Gasteiger partial charge on any atom is -0.356 e. The van der Waals surface area contributed by atoms with Gasteiger partial charge in [0.2, 0.25) is 5.91 Å². The van der Waals surface area contributed by atoms with Crippen molar-refractivity contribution in [3.8, 4) is 0 Å². The van der Waals surface area contributed by atoms with Crippen molar-refractivity contribution in [3.05, 3.63) is 36.0 Å². The van der Waals surface area contributed by atoms with Crippen LogP contribution in [0.2, 0.25) is 0 Å². The summed E-state index contributed by atoms with van der Waals surface area (Å²) in [5.41, 5.74) is 2.77. The summed E-state index contributed by atoms with van der Waals surface area (Å²) < 4.78 is 2.53. The van der Waals surface area contributed by atoms with Crippen LogP contribution < -0.4 is 16.0 Å². The number of rotatable bonds is 9. The highest BCUT2D eigenvalue weighted by atomic mass is 16.1. The van der Waals surface area contributed by atoms with Crippen molar-refractivity contribution < 1.29 is 4.79 Å². The summed E-state index contributed by atoms with van der Waals surface area (Å²) in [6.45, 7) is 6.34. The summed E-state index contributed by atoms with van der Waals surface area (Å²) in [5, 5.41) is 11.7. The fraction of sp³-hybridized carbons (Fsp3) is 0.700. The number of piperidine rings is 2. The smallest absolute Gasteiger partial charge is 0.220 e. The molecule has 1 aromatic heterocycles. The standard InChI is InChI=1S/C30H46N4O/c35-30(33-19-12-23-10-15-31-16-11-23)20-27(25-13-17-32-18-14-25)28-22-34(21-24-6-2-1-3-7-24)29-9-5-4-8-26(28)29/h4-5,8-9,22-25,27,31-32H,1-3,6-7,10-21H2,(H,33,35). The lowest BCUT2D eigenvalue weighted by atomic mass is 9.78. The lowest BCUT2D eigenvalue weighted by Crippen LogP contribution is -2.34. The highest BCUT2D eigenvalue weighted by molar-refractivity contribution is 5.86. The fourth-order valence-corrected chi connectivity index (χ4v) is 7.00. The molecule has 2 saturated heterocycles. The van der Waals surface area contributed by atoms with Crippen LogP contribution in [0, 0.1) is 17.8 Å². The second-order valence-corrected chi connectivity index (χ2v) is 11.5. The van der Waals surface area contributed by atoms with Crippen molar-refractivity contribution >= 4 is 16.8 Å². The largest absolute Gasteiger partial charge is 0.356 e. The first-order chi connectivity index (χ1) is 17.3. The van der Waals surface area contributed by atoms with Gasteiger partial charge in [-0.05, 0) is 106 Å². The molecule has 3 aliphatic rings. The van der Waals surface area contributed by atoms with E-state index in [4.69, 9.17) is 0 Å². The Morgan fingerprint density at radius 3 is 2.40 bits per heavy atom. The number of amides is 1. The molecule has 3 fully saturated rings. The van der Waals surface area contributed by atoms with Gasteiger partial charge in [-0.3, -0.25) is 4.79 Å². The van der Waals surface area contributed by atoms with E-state index in [-0.39, 0.29) is 5.91 Å². The van der Waals surface area contributed by atoms with Crippen molar-refractivity contribution in [3.63, 3.8) is 0 Å². The molecule has 192 valence electrons. The number of aromatic nitrogens is 1. The Kier molecular flexibility index (Phi) is 8.80. The van der Waals surface area contributed by atoms with E-state index in [1.807, 2.05) is 0 Å². The van der Waals surface area contributed by atoms with Crippen molar-refractivity contribution in [1.82, 2.24) is 20.5 Å². The van der Waals surface area contributed by atoms with Gasteiger partial charge in [0.25, 0.3) is 0 Å². The Morgan fingerprint density at radius 2 is 1.63 bits per heavy atom. The van der Waals surface area contributed by atoms with Crippen LogP contribution in [0.5, 0.6) is 0 Å². The molecule has 1 saturated carbocycles. The molecule has 1 atom stereocenters. The molecular weight excluding hydrogens is 432 g/mol. The Morgan fingerprint density at radius 1 is 0.914 bits per heavy atom. The minimum absolute atomic E-state index is 0.242. The molecule has 0 radical (unpaired) electrons. The molecule has 3 heterocycles. The number of hydrogen-bond donors (Lipinski definition) is 3. The molecule has 2 aromatic rings. The molecule has 5 rings (SSSR count). The summed E-state index contributed by atoms with van der Waals surface area (Å²) in [4.78, 5) is 13.2. The normalized spacial score (nSPS) is 21.8.